The smallest absolute Gasteiger partial charge is 0.0572 e. The van der Waals surface area contributed by atoms with Gasteiger partial charge in [-0.1, -0.05) is 19.1 Å². The molecular formula is C7H14O. The summed E-state index contributed by atoms with van der Waals surface area (Å²) in [7, 11) is 0. The first-order valence-electron chi connectivity index (χ1n) is 3.10. The fraction of sp³-hybridized carbons (Fsp3) is 0.714. The van der Waals surface area contributed by atoms with E-state index in [1.165, 1.54) is 0 Å². The van der Waals surface area contributed by atoms with Crippen LogP contribution < -0.4 is 0 Å². The van der Waals surface area contributed by atoms with Crippen LogP contribution in [0.2, 0.25) is 0 Å². The second-order valence-corrected chi connectivity index (χ2v) is 1.87. The quantitative estimate of drug-likeness (QED) is 0.554. The lowest BCUT2D eigenvalue weighted by atomic mass is 10.2. The lowest BCUT2D eigenvalue weighted by Gasteiger charge is -2.00. The minimum Gasteiger partial charge on any atom is -0.393 e. The molecule has 1 nitrogen and oxygen atoms in total. The Morgan fingerprint density at radius 1 is 1.62 bits per heavy atom. The summed E-state index contributed by atoms with van der Waals surface area (Å²) in [4.78, 5) is 0. The monoisotopic (exact) mass is 114 g/mol. The van der Waals surface area contributed by atoms with Gasteiger partial charge in [-0.3, -0.25) is 0 Å². The normalized spacial score (nSPS) is 14.9. The summed E-state index contributed by atoms with van der Waals surface area (Å²) >= 11 is 0. The lowest BCUT2D eigenvalue weighted by molar-refractivity contribution is 0.173. The summed E-state index contributed by atoms with van der Waals surface area (Å²) in [6.07, 6.45) is 5.45. The predicted octanol–water partition coefficient (Wildman–Crippen LogP) is 1.72. The van der Waals surface area contributed by atoms with E-state index in [1.54, 1.807) is 0 Å². The van der Waals surface area contributed by atoms with E-state index < -0.39 is 0 Å². The standard InChI is InChI=1S/C7H14O/c1-3-5-6-7(8)4-2/h3,5,7-8H,4,6H2,1-2H3/b5-3+. The maximum absolute atomic E-state index is 8.94. The van der Waals surface area contributed by atoms with Crippen molar-refractivity contribution < 1.29 is 5.11 Å². The Bertz CT molecular complexity index is 66.8. The molecule has 1 unspecified atom stereocenters. The minimum atomic E-state index is -0.133. The first-order chi connectivity index (χ1) is 3.81. The molecule has 0 bridgehead atoms. The Balaban J connectivity index is 3.10. The topological polar surface area (TPSA) is 20.2 Å². The fourth-order valence-electron chi connectivity index (χ4n) is 0.460. The zero-order valence-corrected chi connectivity index (χ0v) is 5.59. The molecule has 0 aromatic rings. The van der Waals surface area contributed by atoms with Crippen molar-refractivity contribution in [2.24, 2.45) is 0 Å². The molecule has 1 heteroatoms. The van der Waals surface area contributed by atoms with Crippen LogP contribution in [0.3, 0.4) is 0 Å². The summed E-state index contributed by atoms with van der Waals surface area (Å²) in [5, 5.41) is 8.94. The lowest BCUT2D eigenvalue weighted by Crippen LogP contribution is -2.00. The SMILES string of the molecule is C/C=C/CC(O)CC. The van der Waals surface area contributed by atoms with Crippen molar-refractivity contribution in [2.75, 3.05) is 0 Å². The summed E-state index contributed by atoms with van der Waals surface area (Å²) in [6, 6.07) is 0. The molecule has 0 fully saturated rings. The molecule has 0 radical (unpaired) electrons. The van der Waals surface area contributed by atoms with Crippen LogP contribution in [0.15, 0.2) is 12.2 Å². The van der Waals surface area contributed by atoms with Gasteiger partial charge in [0.15, 0.2) is 0 Å². The van der Waals surface area contributed by atoms with Gasteiger partial charge in [-0.2, -0.15) is 0 Å². The summed E-state index contributed by atoms with van der Waals surface area (Å²) in [5.74, 6) is 0. The van der Waals surface area contributed by atoms with E-state index in [2.05, 4.69) is 0 Å². The first-order valence-corrected chi connectivity index (χ1v) is 3.10. The average molecular weight is 114 g/mol. The van der Waals surface area contributed by atoms with E-state index in [9.17, 15) is 0 Å². The molecule has 1 N–H and O–H groups in total. The molecule has 0 rings (SSSR count). The maximum atomic E-state index is 8.94. The minimum absolute atomic E-state index is 0.133. The highest BCUT2D eigenvalue weighted by molar-refractivity contribution is 4.79. The van der Waals surface area contributed by atoms with Crippen molar-refractivity contribution in [3.63, 3.8) is 0 Å². The highest BCUT2D eigenvalue weighted by atomic mass is 16.3. The van der Waals surface area contributed by atoms with Crippen molar-refractivity contribution in [2.45, 2.75) is 32.8 Å². The van der Waals surface area contributed by atoms with Gasteiger partial charge in [0.1, 0.15) is 0 Å². The zero-order valence-electron chi connectivity index (χ0n) is 5.59. The number of aliphatic hydroxyl groups excluding tert-OH is 1. The molecule has 0 aliphatic carbocycles. The van der Waals surface area contributed by atoms with Crippen LogP contribution in [-0.2, 0) is 0 Å². The summed E-state index contributed by atoms with van der Waals surface area (Å²) in [5.41, 5.74) is 0. The molecule has 0 aliphatic rings. The largest absolute Gasteiger partial charge is 0.393 e. The Hall–Kier alpha value is -0.300. The van der Waals surface area contributed by atoms with Gasteiger partial charge in [0.25, 0.3) is 0 Å². The Morgan fingerprint density at radius 3 is 2.62 bits per heavy atom. The van der Waals surface area contributed by atoms with Gasteiger partial charge in [-0.05, 0) is 19.8 Å². The molecule has 1 atom stereocenters. The highest BCUT2D eigenvalue weighted by Crippen LogP contribution is 1.96. The molecule has 0 heterocycles. The molecule has 48 valence electrons. The number of allylic oxidation sites excluding steroid dienone is 1. The molecule has 0 aromatic heterocycles. The molecule has 0 amide bonds. The number of hydrogen-bond donors (Lipinski definition) is 1. The maximum Gasteiger partial charge on any atom is 0.0572 e. The van der Waals surface area contributed by atoms with Gasteiger partial charge < -0.3 is 5.11 Å². The molecule has 0 aromatic carbocycles. The van der Waals surface area contributed by atoms with E-state index in [1.807, 2.05) is 26.0 Å². The molecule has 8 heavy (non-hydrogen) atoms. The number of rotatable bonds is 3. The average Bonchev–Trinajstić information content (AvgIpc) is 1.83. The van der Waals surface area contributed by atoms with Crippen molar-refractivity contribution in [3.8, 4) is 0 Å². The van der Waals surface area contributed by atoms with E-state index in [4.69, 9.17) is 5.11 Å². The Labute approximate surface area is 51.0 Å². The van der Waals surface area contributed by atoms with Gasteiger partial charge in [0, 0.05) is 0 Å². The van der Waals surface area contributed by atoms with Gasteiger partial charge in [-0.25, -0.2) is 0 Å². The van der Waals surface area contributed by atoms with Crippen molar-refractivity contribution in [1.82, 2.24) is 0 Å². The third-order valence-electron chi connectivity index (χ3n) is 1.12. The van der Waals surface area contributed by atoms with Gasteiger partial charge >= 0.3 is 0 Å². The van der Waals surface area contributed by atoms with E-state index in [-0.39, 0.29) is 6.10 Å². The second kappa shape index (κ2) is 4.85. The van der Waals surface area contributed by atoms with Crippen molar-refractivity contribution >= 4 is 0 Å². The van der Waals surface area contributed by atoms with Crippen molar-refractivity contribution in [3.05, 3.63) is 12.2 Å². The van der Waals surface area contributed by atoms with Crippen LogP contribution in [0.1, 0.15) is 26.7 Å². The first kappa shape index (κ1) is 7.70. The van der Waals surface area contributed by atoms with Crippen LogP contribution in [0.5, 0.6) is 0 Å². The molecule has 0 saturated carbocycles. The van der Waals surface area contributed by atoms with E-state index >= 15 is 0 Å². The third kappa shape index (κ3) is 3.88. The third-order valence-corrected chi connectivity index (χ3v) is 1.12. The van der Waals surface area contributed by atoms with E-state index in [0.717, 1.165) is 12.8 Å². The summed E-state index contributed by atoms with van der Waals surface area (Å²) in [6.45, 7) is 3.94. The van der Waals surface area contributed by atoms with Crippen LogP contribution >= 0.6 is 0 Å². The van der Waals surface area contributed by atoms with Crippen LogP contribution in [0.4, 0.5) is 0 Å². The van der Waals surface area contributed by atoms with E-state index in [0.29, 0.717) is 0 Å². The van der Waals surface area contributed by atoms with Gasteiger partial charge in [0.2, 0.25) is 0 Å². The van der Waals surface area contributed by atoms with Crippen LogP contribution in [0.25, 0.3) is 0 Å². The van der Waals surface area contributed by atoms with Crippen LogP contribution in [0, 0.1) is 0 Å². The number of aliphatic hydroxyl groups is 1. The molecular weight excluding hydrogens is 100 g/mol. The number of hydrogen-bond acceptors (Lipinski definition) is 1. The molecule has 0 saturated heterocycles. The van der Waals surface area contributed by atoms with Gasteiger partial charge in [-0.15, -0.1) is 0 Å². The molecule has 0 aliphatic heterocycles. The Kier molecular flexibility index (Phi) is 4.67. The fourth-order valence-corrected chi connectivity index (χ4v) is 0.460. The Morgan fingerprint density at radius 2 is 2.25 bits per heavy atom. The molecule has 0 spiro atoms. The predicted molar refractivity (Wildman–Crippen MR) is 35.7 cm³/mol. The zero-order chi connectivity index (χ0) is 6.41. The van der Waals surface area contributed by atoms with Crippen molar-refractivity contribution in [1.29, 1.82) is 0 Å². The highest BCUT2D eigenvalue weighted by Gasteiger charge is 1.93. The second-order valence-electron chi connectivity index (χ2n) is 1.87. The summed E-state index contributed by atoms with van der Waals surface area (Å²) < 4.78 is 0. The van der Waals surface area contributed by atoms with Crippen LogP contribution in [-0.4, -0.2) is 11.2 Å². The van der Waals surface area contributed by atoms with Gasteiger partial charge in [0.05, 0.1) is 6.10 Å².